The van der Waals surface area contributed by atoms with E-state index in [0.29, 0.717) is 19.1 Å². The number of hydrogen-bond donors (Lipinski definition) is 3. The molecule has 0 aliphatic carbocycles. The fraction of sp³-hybridized carbons (Fsp3) is 1.00. The Kier molecular flexibility index (Phi) is 8.08. The van der Waals surface area contributed by atoms with Crippen LogP contribution >= 0.6 is 0 Å². The van der Waals surface area contributed by atoms with E-state index in [1.165, 1.54) is 0 Å². The highest BCUT2D eigenvalue weighted by Gasteiger charge is 2.09. The monoisotopic (exact) mass is 204 g/mol. The van der Waals surface area contributed by atoms with Crippen LogP contribution in [0.25, 0.3) is 0 Å². The molecule has 0 bridgehead atoms. The van der Waals surface area contributed by atoms with E-state index >= 15 is 0 Å². The number of aliphatic hydroxyl groups excluding tert-OH is 2. The van der Waals surface area contributed by atoms with E-state index < -0.39 is 0 Å². The Morgan fingerprint density at radius 1 is 1.36 bits per heavy atom. The molecule has 0 aliphatic heterocycles. The van der Waals surface area contributed by atoms with E-state index in [2.05, 4.69) is 12.2 Å². The third kappa shape index (κ3) is 7.26. The molecule has 86 valence electrons. The Morgan fingerprint density at radius 2 is 2.00 bits per heavy atom. The average Bonchev–Trinajstić information content (AvgIpc) is 2.11. The molecule has 0 heterocycles. The standard InChI is InChI=1S/C10H24N2O2/c1-4-9(5-6-13)11-7-10(14)8-12(2)3/h9-11,13-14H,4-8H2,1-3H3. The molecular formula is C10H24N2O2. The van der Waals surface area contributed by atoms with Gasteiger partial charge in [-0.3, -0.25) is 0 Å². The van der Waals surface area contributed by atoms with E-state index in [4.69, 9.17) is 5.11 Å². The minimum atomic E-state index is -0.335. The summed E-state index contributed by atoms with van der Waals surface area (Å²) in [7, 11) is 3.88. The van der Waals surface area contributed by atoms with Crippen LogP contribution in [0.3, 0.4) is 0 Å². The van der Waals surface area contributed by atoms with E-state index in [9.17, 15) is 5.11 Å². The summed E-state index contributed by atoms with van der Waals surface area (Å²) in [5.74, 6) is 0. The van der Waals surface area contributed by atoms with Crippen LogP contribution in [0.15, 0.2) is 0 Å². The van der Waals surface area contributed by atoms with Gasteiger partial charge in [-0.1, -0.05) is 6.92 Å². The van der Waals surface area contributed by atoms with Crippen LogP contribution in [-0.4, -0.2) is 61.1 Å². The van der Waals surface area contributed by atoms with Crippen molar-refractivity contribution in [2.45, 2.75) is 31.9 Å². The molecule has 0 aliphatic rings. The highest BCUT2D eigenvalue weighted by atomic mass is 16.3. The van der Waals surface area contributed by atoms with Crippen LogP contribution < -0.4 is 5.32 Å². The van der Waals surface area contributed by atoms with Crippen molar-refractivity contribution in [1.82, 2.24) is 10.2 Å². The summed E-state index contributed by atoms with van der Waals surface area (Å²) in [4.78, 5) is 1.96. The Balaban J connectivity index is 3.56. The van der Waals surface area contributed by atoms with Gasteiger partial charge in [0.15, 0.2) is 0 Å². The highest BCUT2D eigenvalue weighted by Crippen LogP contribution is 1.96. The molecule has 3 N–H and O–H groups in total. The largest absolute Gasteiger partial charge is 0.396 e. The minimum Gasteiger partial charge on any atom is -0.396 e. The van der Waals surface area contributed by atoms with Crippen molar-refractivity contribution < 1.29 is 10.2 Å². The van der Waals surface area contributed by atoms with Crippen molar-refractivity contribution in [2.75, 3.05) is 33.8 Å². The lowest BCUT2D eigenvalue weighted by atomic mass is 10.1. The first kappa shape index (κ1) is 13.8. The fourth-order valence-electron chi connectivity index (χ4n) is 1.40. The van der Waals surface area contributed by atoms with Crippen LogP contribution in [0.4, 0.5) is 0 Å². The van der Waals surface area contributed by atoms with Gasteiger partial charge in [-0.05, 0) is 26.9 Å². The van der Waals surface area contributed by atoms with Crippen LogP contribution in [0.1, 0.15) is 19.8 Å². The highest BCUT2D eigenvalue weighted by molar-refractivity contribution is 4.69. The molecule has 0 fully saturated rings. The molecule has 0 aromatic heterocycles. The van der Waals surface area contributed by atoms with Crippen molar-refractivity contribution in [3.8, 4) is 0 Å². The molecule has 0 aromatic carbocycles. The predicted octanol–water partition coefficient (Wildman–Crippen LogP) is -0.340. The lowest BCUT2D eigenvalue weighted by Gasteiger charge is -2.20. The molecule has 0 aromatic rings. The summed E-state index contributed by atoms with van der Waals surface area (Å²) < 4.78 is 0. The fourth-order valence-corrected chi connectivity index (χ4v) is 1.40. The molecule has 4 nitrogen and oxygen atoms in total. The predicted molar refractivity (Wildman–Crippen MR) is 58.3 cm³/mol. The van der Waals surface area contributed by atoms with Crippen molar-refractivity contribution in [3.05, 3.63) is 0 Å². The van der Waals surface area contributed by atoms with Gasteiger partial charge >= 0.3 is 0 Å². The molecule has 0 amide bonds. The van der Waals surface area contributed by atoms with Crippen molar-refractivity contribution in [3.63, 3.8) is 0 Å². The van der Waals surface area contributed by atoms with Crippen LogP contribution in [0.2, 0.25) is 0 Å². The maximum Gasteiger partial charge on any atom is 0.0791 e. The summed E-state index contributed by atoms with van der Waals surface area (Å²) in [6.45, 7) is 3.54. The molecule has 0 saturated carbocycles. The van der Waals surface area contributed by atoms with E-state index in [0.717, 1.165) is 12.8 Å². The lowest BCUT2D eigenvalue weighted by Crippen LogP contribution is -2.40. The zero-order chi connectivity index (χ0) is 11.0. The second-order valence-corrected chi connectivity index (χ2v) is 3.94. The lowest BCUT2D eigenvalue weighted by molar-refractivity contribution is 0.129. The summed E-state index contributed by atoms with van der Waals surface area (Å²) in [6, 6.07) is 0.316. The number of rotatable bonds is 8. The van der Waals surface area contributed by atoms with Crippen LogP contribution in [0.5, 0.6) is 0 Å². The third-order valence-electron chi connectivity index (χ3n) is 2.19. The Hall–Kier alpha value is -0.160. The van der Waals surface area contributed by atoms with E-state index in [1.807, 2.05) is 19.0 Å². The maximum atomic E-state index is 9.57. The van der Waals surface area contributed by atoms with E-state index in [1.54, 1.807) is 0 Å². The molecule has 0 radical (unpaired) electrons. The zero-order valence-electron chi connectivity index (χ0n) is 9.53. The molecule has 14 heavy (non-hydrogen) atoms. The smallest absolute Gasteiger partial charge is 0.0791 e. The van der Waals surface area contributed by atoms with Crippen molar-refractivity contribution >= 4 is 0 Å². The van der Waals surface area contributed by atoms with Gasteiger partial charge in [0.2, 0.25) is 0 Å². The normalized spacial score (nSPS) is 15.9. The van der Waals surface area contributed by atoms with Gasteiger partial charge in [-0.2, -0.15) is 0 Å². The molecular weight excluding hydrogens is 180 g/mol. The van der Waals surface area contributed by atoms with Crippen molar-refractivity contribution in [2.24, 2.45) is 0 Å². The van der Waals surface area contributed by atoms with Gasteiger partial charge in [-0.15, -0.1) is 0 Å². The van der Waals surface area contributed by atoms with Crippen molar-refractivity contribution in [1.29, 1.82) is 0 Å². The molecule has 2 unspecified atom stereocenters. The molecule has 0 spiro atoms. The summed E-state index contributed by atoms with van der Waals surface area (Å²) in [5, 5.41) is 21.6. The zero-order valence-corrected chi connectivity index (χ0v) is 9.53. The Labute approximate surface area is 86.9 Å². The number of nitrogens with zero attached hydrogens (tertiary/aromatic N) is 1. The Morgan fingerprint density at radius 3 is 2.43 bits per heavy atom. The molecule has 2 atom stereocenters. The summed E-state index contributed by atoms with van der Waals surface area (Å²) >= 11 is 0. The number of hydrogen-bond acceptors (Lipinski definition) is 4. The van der Waals surface area contributed by atoms with Crippen LogP contribution in [0, 0.1) is 0 Å². The third-order valence-corrected chi connectivity index (χ3v) is 2.19. The van der Waals surface area contributed by atoms with Gasteiger partial charge < -0.3 is 20.4 Å². The first-order valence-corrected chi connectivity index (χ1v) is 5.27. The first-order chi connectivity index (χ1) is 6.60. The van der Waals surface area contributed by atoms with Gasteiger partial charge in [0, 0.05) is 25.7 Å². The Bertz CT molecular complexity index is 131. The SMILES string of the molecule is CCC(CCO)NCC(O)CN(C)C. The molecule has 0 rings (SSSR count). The van der Waals surface area contributed by atoms with Gasteiger partial charge in [0.1, 0.15) is 0 Å². The van der Waals surface area contributed by atoms with Gasteiger partial charge in [-0.25, -0.2) is 0 Å². The van der Waals surface area contributed by atoms with Gasteiger partial charge in [0.25, 0.3) is 0 Å². The second-order valence-electron chi connectivity index (χ2n) is 3.94. The maximum absolute atomic E-state index is 9.57. The molecule has 0 saturated heterocycles. The topological polar surface area (TPSA) is 55.7 Å². The minimum absolute atomic E-state index is 0.204. The quantitative estimate of drug-likeness (QED) is 0.506. The van der Waals surface area contributed by atoms with Gasteiger partial charge in [0.05, 0.1) is 6.10 Å². The second kappa shape index (κ2) is 8.17. The number of aliphatic hydroxyl groups is 2. The molecule has 4 heteroatoms. The summed E-state index contributed by atoms with van der Waals surface area (Å²) in [6.07, 6.45) is 1.40. The number of nitrogens with one attached hydrogen (secondary N) is 1. The summed E-state index contributed by atoms with van der Waals surface area (Å²) in [5.41, 5.74) is 0. The van der Waals surface area contributed by atoms with Crippen LogP contribution in [-0.2, 0) is 0 Å². The first-order valence-electron chi connectivity index (χ1n) is 5.27. The average molecular weight is 204 g/mol. The number of likely N-dealkylation sites (N-methyl/N-ethyl adjacent to an activating group) is 1. The van der Waals surface area contributed by atoms with E-state index in [-0.39, 0.29) is 12.7 Å².